The van der Waals surface area contributed by atoms with Gasteiger partial charge in [-0.2, -0.15) is 0 Å². The number of hydrogen-bond donors (Lipinski definition) is 0. The van der Waals surface area contributed by atoms with Crippen LogP contribution in [0.1, 0.15) is 32.2 Å². The molecule has 0 spiro atoms. The molecule has 0 atom stereocenters. The maximum Gasteiger partial charge on any atom is 0.373 e. The normalized spacial score (nSPS) is 10.3. The molecule has 0 aliphatic rings. The lowest BCUT2D eigenvalue weighted by Crippen LogP contribution is -2.02. The van der Waals surface area contributed by atoms with E-state index >= 15 is 0 Å². The number of furan rings is 1. The highest BCUT2D eigenvalue weighted by Gasteiger charge is 2.18. The summed E-state index contributed by atoms with van der Waals surface area (Å²) in [5.74, 6) is -1.50. The third kappa shape index (κ3) is 2.54. The Morgan fingerprint density at radius 3 is 2.47 bits per heavy atom. The van der Waals surface area contributed by atoms with Crippen molar-refractivity contribution in [3.05, 3.63) is 58.8 Å². The van der Waals surface area contributed by atoms with Gasteiger partial charge in [-0.25, -0.2) is 9.18 Å². The van der Waals surface area contributed by atoms with Gasteiger partial charge in [0.1, 0.15) is 5.82 Å². The van der Waals surface area contributed by atoms with E-state index in [9.17, 15) is 14.0 Å². The fraction of sp³-hybridized carbons (Fsp3) is 0.143. The van der Waals surface area contributed by atoms with Crippen molar-refractivity contribution < 1.29 is 23.1 Å². The van der Waals surface area contributed by atoms with Gasteiger partial charge in [0.25, 0.3) is 0 Å². The highest BCUT2D eigenvalue weighted by Crippen LogP contribution is 2.16. The number of aryl methyl sites for hydroxylation is 1. The first kappa shape index (κ1) is 13.0. The first-order valence-corrected chi connectivity index (χ1v) is 5.52. The minimum absolute atomic E-state index is 0.00593. The van der Waals surface area contributed by atoms with Crippen LogP contribution in [-0.2, 0) is 4.74 Å². The van der Waals surface area contributed by atoms with Crippen LogP contribution < -0.4 is 0 Å². The van der Waals surface area contributed by atoms with E-state index in [0.29, 0.717) is 11.1 Å². The summed E-state index contributed by atoms with van der Waals surface area (Å²) < 4.78 is 22.7. The Morgan fingerprint density at radius 2 is 1.84 bits per heavy atom. The van der Waals surface area contributed by atoms with Crippen molar-refractivity contribution in [3.8, 4) is 0 Å². The minimum atomic E-state index is -0.658. The van der Waals surface area contributed by atoms with Crippen molar-refractivity contribution in [2.45, 2.75) is 6.92 Å². The van der Waals surface area contributed by atoms with E-state index in [1.807, 2.05) is 0 Å². The zero-order chi connectivity index (χ0) is 14.0. The molecule has 0 saturated carbocycles. The second kappa shape index (κ2) is 5.06. The number of hydrogen-bond acceptors (Lipinski definition) is 4. The molecule has 5 heteroatoms. The smallest absolute Gasteiger partial charge is 0.373 e. The second-order valence-corrected chi connectivity index (χ2v) is 3.95. The number of halogens is 1. The molecule has 0 radical (unpaired) electrons. The lowest BCUT2D eigenvalue weighted by atomic mass is 10.1. The van der Waals surface area contributed by atoms with E-state index in [1.165, 1.54) is 37.4 Å². The van der Waals surface area contributed by atoms with Crippen LogP contribution in [0.5, 0.6) is 0 Å². The Balaban J connectivity index is 2.31. The maximum atomic E-state index is 13.1. The predicted molar refractivity (Wildman–Crippen MR) is 64.6 cm³/mol. The van der Waals surface area contributed by atoms with Gasteiger partial charge in [-0.3, -0.25) is 4.79 Å². The second-order valence-electron chi connectivity index (χ2n) is 3.95. The lowest BCUT2D eigenvalue weighted by molar-refractivity contribution is 0.0563. The fourth-order valence-corrected chi connectivity index (χ4v) is 1.60. The van der Waals surface area contributed by atoms with Crippen LogP contribution in [0.15, 0.2) is 34.7 Å². The van der Waals surface area contributed by atoms with Crippen LogP contribution in [0.2, 0.25) is 0 Å². The maximum absolute atomic E-state index is 13.1. The first-order valence-electron chi connectivity index (χ1n) is 5.52. The summed E-state index contributed by atoms with van der Waals surface area (Å²) >= 11 is 0. The van der Waals surface area contributed by atoms with Crippen molar-refractivity contribution >= 4 is 11.8 Å². The number of esters is 1. The minimum Gasteiger partial charge on any atom is -0.463 e. The van der Waals surface area contributed by atoms with Crippen molar-refractivity contribution in [1.29, 1.82) is 0 Å². The number of benzene rings is 1. The third-order valence-corrected chi connectivity index (χ3v) is 2.64. The molecular formula is C14H11FO4. The molecule has 19 heavy (non-hydrogen) atoms. The molecule has 98 valence electrons. The van der Waals surface area contributed by atoms with Gasteiger partial charge in [0.2, 0.25) is 11.5 Å². The van der Waals surface area contributed by atoms with Crippen LogP contribution in [0.25, 0.3) is 0 Å². The Labute approximate surface area is 108 Å². The van der Waals surface area contributed by atoms with E-state index in [-0.39, 0.29) is 17.3 Å². The lowest BCUT2D eigenvalue weighted by Gasteiger charge is -2.00. The van der Waals surface area contributed by atoms with Crippen LogP contribution in [0.3, 0.4) is 0 Å². The predicted octanol–water partition coefficient (Wildman–Crippen LogP) is 2.74. The molecule has 1 heterocycles. The van der Waals surface area contributed by atoms with Crippen LogP contribution in [0, 0.1) is 12.7 Å². The van der Waals surface area contributed by atoms with Gasteiger partial charge >= 0.3 is 5.97 Å². The summed E-state index contributed by atoms with van der Waals surface area (Å²) in [5.41, 5.74) is 0.662. The molecule has 0 bridgehead atoms. The summed E-state index contributed by atoms with van der Waals surface area (Å²) in [6, 6.07) is 6.75. The average molecular weight is 262 g/mol. The number of rotatable bonds is 3. The van der Waals surface area contributed by atoms with E-state index in [2.05, 4.69) is 4.74 Å². The fourth-order valence-electron chi connectivity index (χ4n) is 1.60. The van der Waals surface area contributed by atoms with Gasteiger partial charge in [0.15, 0.2) is 5.76 Å². The molecule has 0 amide bonds. The van der Waals surface area contributed by atoms with E-state index in [1.54, 1.807) is 6.92 Å². The van der Waals surface area contributed by atoms with E-state index < -0.39 is 11.8 Å². The number of carbonyl (C=O) groups is 2. The first-order chi connectivity index (χ1) is 9.02. The summed E-state index contributed by atoms with van der Waals surface area (Å²) in [5, 5.41) is 0. The Bertz CT molecular complexity index is 643. The molecule has 0 aliphatic carbocycles. The SMILES string of the molecule is COC(=O)c1ccc(C(=O)c2ccc(F)c(C)c2)o1. The molecule has 2 aromatic rings. The van der Waals surface area contributed by atoms with E-state index in [0.717, 1.165) is 0 Å². The molecule has 0 saturated heterocycles. The number of carbonyl (C=O) groups excluding carboxylic acids is 2. The Hall–Kier alpha value is -2.43. The van der Waals surface area contributed by atoms with Crippen LogP contribution >= 0.6 is 0 Å². The molecule has 1 aromatic carbocycles. The largest absolute Gasteiger partial charge is 0.463 e. The summed E-state index contributed by atoms with van der Waals surface area (Å²) in [7, 11) is 1.22. The number of methoxy groups -OCH3 is 1. The van der Waals surface area contributed by atoms with Crippen LogP contribution in [0.4, 0.5) is 4.39 Å². The van der Waals surface area contributed by atoms with Crippen LogP contribution in [-0.4, -0.2) is 18.9 Å². The summed E-state index contributed by atoms with van der Waals surface area (Å²) in [6.07, 6.45) is 0. The number of ketones is 1. The summed E-state index contributed by atoms with van der Waals surface area (Å²) in [4.78, 5) is 23.3. The molecule has 1 aromatic heterocycles. The van der Waals surface area contributed by atoms with Gasteiger partial charge in [0.05, 0.1) is 7.11 Å². The Morgan fingerprint density at radius 1 is 1.16 bits per heavy atom. The molecule has 4 nitrogen and oxygen atoms in total. The van der Waals surface area contributed by atoms with Crippen molar-refractivity contribution in [1.82, 2.24) is 0 Å². The molecule has 0 fully saturated rings. The van der Waals surface area contributed by atoms with Gasteiger partial charge in [-0.15, -0.1) is 0 Å². The molecule has 0 unspecified atom stereocenters. The average Bonchev–Trinajstić information content (AvgIpc) is 2.89. The molecule has 0 N–H and O–H groups in total. The van der Waals surface area contributed by atoms with Crippen molar-refractivity contribution in [2.24, 2.45) is 0 Å². The standard InChI is InChI=1S/C14H11FO4/c1-8-7-9(3-4-10(8)15)13(16)11-5-6-12(19-11)14(17)18-2/h3-7H,1-2H3. The highest BCUT2D eigenvalue weighted by molar-refractivity contribution is 6.07. The van der Waals surface area contributed by atoms with Gasteiger partial charge in [-0.1, -0.05) is 0 Å². The molecular weight excluding hydrogens is 251 g/mol. The van der Waals surface area contributed by atoms with E-state index in [4.69, 9.17) is 4.42 Å². The monoisotopic (exact) mass is 262 g/mol. The topological polar surface area (TPSA) is 56.5 Å². The Kier molecular flexibility index (Phi) is 3.46. The van der Waals surface area contributed by atoms with Crippen molar-refractivity contribution in [2.75, 3.05) is 7.11 Å². The highest BCUT2D eigenvalue weighted by atomic mass is 19.1. The zero-order valence-electron chi connectivity index (χ0n) is 10.4. The van der Waals surface area contributed by atoms with Gasteiger partial charge in [0, 0.05) is 5.56 Å². The molecule has 0 aliphatic heterocycles. The zero-order valence-corrected chi connectivity index (χ0v) is 10.4. The quantitative estimate of drug-likeness (QED) is 0.630. The van der Waals surface area contributed by atoms with Crippen molar-refractivity contribution in [3.63, 3.8) is 0 Å². The van der Waals surface area contributed by atoms with Gasteiger partial charge < -0.3 is 9.15 Å². The molecule has 2 rings (SSSR count). The third-order valence-electron chi connectivity index (χ3n) is 2.64. The number of ether oxygens (including phenoxy) is 1. The summed E-state index contributed by atoms with van der Waals surface area (Å²) in [6.45, 7) is 1.56. The van der Waals surface area contributed by atoms with Gasteiger partial charge in [-0.05, 0) is 42.8 Å².